The molecule has 0 spiro atoms. The number of pyridine rings is 1. The molecule has 1 amide bonds. The van der Waals surface area contributed by atoms with Gasteiger partial charge in [-0.15, -0.1) is 0 Å². The number of carbonyl (C=O) groups is 2. The van der Waals surface area contributed by atoms with E-state index in [-0.39, 0.29) is 47.1 Å². The van der Waals surface area contributed by atoms with E-state index in [1.165, 1.54) is 43.6 Å². The summed E-state index contributed by atoms with van der Waals surface area (Å²) in [6.07, 6.45) is 1.10. The highest BCUT2D eigenvalue weighted by molar-refractivity contribution is 6.31. The van der Waals surface area contributed by atoms with Crippen molar-refractivity contribution in [3.05, 3.63) is 86.8 Å². The number of aliphatic imine (C=N–C) groups is 1. The Balaban J connectivity index is 0.00000408. The average molecular weight is 504 g/mol. The van der Waals surface area contributed by atoms with Gasteiger partial charge < -0.3 is 10.1 Å². The van der Waals surface area contributed by atoms with E-state index in [1.54, 1.807) is 26.1 Å². The first kappa shape index (κ1) is 27.0. The van der Waals surface area contributed by atoms with Crippen LogP contribution in [0.2, 0.25) is 10.0 Å². The lowest BCUT2D eigenvalue weighted by Crippen LogP contribution is -2.18. The van der Waals surface area contributed by atoms with E-state index in [4.69, 9.17) is 27.9 Å². The van der Waals surface area contributed by atoms with Crippen LogP contribution in [0.5, 0.6) is 5.75 Å². The third-order valence-electron chi connectivity index (χ3n) is 4.97. The number of Topliss-reactive ketones (excluding diaryl/α,β-unsaturated/α-hetero) is 1. The van der Waals surface area contributed by atoms with Gasteiger partial charge in [-0.05, 0) is 48.9 Å². The second-order valence-corrected chi connectivity index (χ2v) is 7.93. The molecule has 2 aromatic carbocycles. The third kappa shape index (κ3) is 6.18. The summed E-state index contributed by atoms with van der Waals surface area (Å²) in [4.78, 5) is 34.0. The number of ether oxygens (including phenoxy) is 1. The molecule has 0 atom stereocenters. The highest BCUT2D eigenvalue weighted by Gasteiger charge is 2.22. The summed E-state index contributed by atoms with van der Waals surface area (Å²) in [6, 6.07) is 10.3. The summed E-state index contributed by atoms with van der Waals surface area (Å²) in [7, 11) is 3.00. The first-order valence-electron chi connectivity index (χ1n) is 9.79. The van der Waals surface area contributed by atoms with Gasteiger partial charge in [-0.3, -0.25) is 14.6 Å². The van der Waals surface area contributed by atoms with Crippen LogP contribution in [0.1, 0.15) is 46.2 Å². The lowest BCUT2D eigenvalue weighted by molar-refractivity contribution is 0.0987. The lowest BCUT2D eigenvalue weighted by Gasteiger charge is -2.15. The molecule has 0 aliphatic carbocycles. The summed E-state index contributed by atoms with van der Waals surface area (Å²) in [6.45, 7) is 1.75. The van der Waals surface area contributed by atoms with Crippen LogP contribution in [-0.2, 0) is 6.42 Å². The Morgan fingerprint density at radius 2 is 1.82 bits per heavy atom. The van der Waals surface area contributed by atoms with Gasteiger partial charge in [0.05, 0.1) is 17.7 Å². The van der Waals surface area contributed by atoms with E-state index >= 15 is 0 Å². The largest absolute Gasteiger partial charge is 0.496 e. The number of amides is 1. The van der Waals surface area contributed by atoms with Gasteiger partial charge in [0, 0.05) is 41.5 Å². The Bertz CT molecular complexity index is 1240. The second kappa shape index (κ2) is 11.7. The Hall–Kier alpha value is -3.29. The van der Waals surface area contributed by atoms with Gasteiger partial charge in [-0.25, -0.2) is 9.37 Å². The molecule has 0 aliphatic rings. The molecule has 1 N–H and O–H groups in total. The maximum Gasteiger partial charge on any atom is 0.257 e. The van der Waals surface area contributed by atoms with E-state index in [0.29, 0.717) is 16.3 Å². The first-order valence-corrected chi connectivity index (χ1v) is 10.5. The number of benzene rings is 2. The van der Waals surface area contributed by atoms with Crippen molar-refractivity contribution >= 4 is 46.4 Å². The average Bonchev–Trinajstić information content (AvgIpc) is 2.80. The zero-order valence-electron chi connectivity index (χ0n) is 18.1. The standard InChI is InChI=1S/C24H20Cl2FN3O3.CH4/c1-13(28-2)14-4-6-17(20(27)8-14)21(31)11-18-19(9-16(26)10-22(18)33-3)24(32)30-23-7-5-15(25)12-29-23;/h4-10,12H,11H2,1-3H3,(H,29,30,32);1H4. The molecule has 3 rings (SSSR count). The summed E-state index contributed by atoms with van der Waals surface area (Å²) in [5.41, 5.74) is 1.49. The summed E-state index contributed by atoms with van der Waals surface area (Å²) in [5, 5.41) is 3.29. The summed E-state index contributed by atoms with van der Waals surface area (Å²) < 4.78 is 20.1. The van der Waals surface area contributed by atoms with E-state index < -0.39 is 17.5 Å². The molecular formula is C25H24Cl2FN3O3. The topological polar surface area (TPSA) is 80.6 Å². The smallest absolute Gasteiger partial charge is 0.257 e. The van der Waals surface area contributed by atoms with Crippen molar-refractivity contribution in [2.24, 2.45) is 4.99 Å². The molecule has 3 aromatic rings. The number of methoxy groups -OCH3 is 1. The number of halogens is 3. The van der Waals surface area contributed by atoms with E-state index in [9.17, 15) is 14.0 Å². The predicted molar refractivity (Wildman–Crippen MR) is 135 cm³/mol. The number of anilines is 1. The van der Waals surface area contributed by atoms with Gasteiger partial charge in [0.25, 0.3) is 5.91 Å². The van der Waals surface area contributed by atoms with Crippen molar-refractivity contribution in [1.82, 2.24) is 4.98 Å². The molecule has 0 bridgehead atoms. The Labute approximate surface area is 207 Å². The lowest BCUT2D eigenvalue weighted by atomic mass is 9.96. The van der Waals surface area contributed by atoms with E-state index in [1.807, 2.05) is 0 Å². The third-order valence-corrected chi connectivity index (χ3v) is 5.41. The predicted octanol–water partition coefficient (Wildman–Crippen LogP) is 6.29. The molecule has 0 saturated heterocycles. The number of aromatic nitrogens is 1. The minimum Gasteiger partial charge on any atom is -0.496 e. The van der Waals surface area contributed by atoms with Crippen molar-refractivity contribution in [2.45, 2.75) is 20.8 Å². The molecule has 6 nitrogen and oxygen atoms in total. The van der Waals surface area contributed by atoms with Crippen molar-refractivity contribution in [3.8, 4) is 5.75 Å². The van der Waals surface area contributed by atoms with Gasteiger partial charge in [-0.1, -0.05) is 36.7 Å². The highest BCUT2D eigenvalue weighted by Crippen LogP contribution is 2.30. The van der Waals surface area contributed by atoms with Gasteiger partial charge in [0.15, 0.2) is 5.78 Å². The monoisotopic (exact) mass is 503 g/mol. The maximum absolute atomic E-state index is 14.7. The molecule has 0 saturated carbocycles. The molecule has 34 heavy (non-hydrogen) atoms. The van der Waals surface area contributed by atoms with Crippen LogP contribution in [0.3, 0.4) is 0 Å². The molecule has 0 aliphatic heterocycles. The van der Waals surface area contributed by atoms with E-state index in [0.717, 1.165) is 0 Å². The summed E-state index contributed by atoms with van der Waals surface area (Å²) >= 11 is 12.0. The highest BCUT2D eigenvalue weighted by atomic mass is 35.5. The zero-order chi connectivity index (χ0) is 24.1. The molecule has 0 unspecified atom stereocenters. The molecule has 1 aromatic heterocycles. The minimum atomic E-state index is -0.676. The van der Waals surface area contributed by atoms with Crippen LogP contribution in [0.4, 0.5) is 10.2 Å². The number of nitrogens with zero attached hydrogens (tertiary/aromatic N) is 2. The van der Waals surface area contributed by atoms with E-state index in [2.05, 4.69) is 15.3 Å². The molecule has 0 radical (unpaired) electrons. The Kier molecular flexibility index (Phi) is 9.29. The number of hydrogen-bond acceptors (Lipinski definition) is 5. The van der Waals surface area contributed by atoms with Crippen molar-refractivity contribution in [3.63, 3.8) is 0 Å². The quantitative estimate of drug-likeness (QED) is 0.303. The fourth-order valence-corrected chi connectivity index (χ4v) is 3.48. The summed E-state index contributed by atoms with van der Waals surface area (Å²) in [5.74, 6) is -1.26. The SMILES string of the molecule is C.CN=C(C)c1ccc(C(=O)Cc2c(OC)cc(Cl)cc2C(=O)Nc2ccc(Cl)cn2)c(F)c1. The van der Waals surface area contributed by atoms with Crippen LogP contribution in [0.25, 0.3) is 0 Å². The van der Waals surface area contributed by atoms with Crippen molar-refractivity contribution in [2.75, 3.05) is 19.5 Å². The van der Waals surface area contributed by atoms with Crippen LogP contribution in [0, 0.1) is 5.82 Å². The van der Waals surface area contributed by atoms with Crippen LogP contribution in [0.15, 0.2) is 53.7 Å². The number of carbonyl (C=O) groups excluding carboxylic acids is 2. The van der Waals surface area contributed by atoms with Gasteiger partial charge in [0.1, 0.15) is 17.4 Å². The van der Waals surface area contributed by atoms with Gasteiger partial charge in [-0.2, -0.15) is 0 Å². The zero-order valence-corrected chi connectivity index (χ0v) is 19.6. The normalized spacial score (nSPS) is 10.9. The molecule has 1 heterocycles. The number of nitrogens with one attached hydrogen (secondary N) is 1. The maximum atomic E-state index is 14.7. The number of rotatable bonds is 7. The fraction of sp³-hybridized carbons (Fsp3) is 0.200. The van der Waals surface area contributed by atoms with Gasteiger partial charge >= 0.3 is 0 Å². The molecule has 0 fully saturated rings. The number of hydrogen-bond donors (Lipinski definition) is 1. The molecular weight excluding hydrogens is 480 g/mol. The minimum absolute atomic E-state index is 0. The van der Waals surface area contributed by atoms with Crippen LogP contribution in [-0.4, -0.2) is 36.5 Å². The van der Waals surface area contributed by atoms with Crippen molar-refractivity contribution < 1.29 is 18.7 Å². The number of ketones is 1. The Morgan fingerprint density at radius 3 is 2.41 bits per heavy atom. The van der Waals surface area contributed by atoms with Crippen LogP contribution >= 0.6 is 23.2 Å². The Morgan fingerprint density at radius 1 is 1.09 bits per heavy atom. The van der Waals surface area contributed by atoms with Gasteiger partial charge in [0.2, 0.25) is 0 Å². The molecule has 9 heteroatoms. The first-order chi connectivity index (χ1) is 15.7. The fourth-order valence-electron chi connectivity index (χ4n) is 3.16. The second-order valence-electron chi connectivity index (χ2n) is 7.05. The van der Waals surface area contributed by atoms with Crippen LogP contribution < -0.4 is 10.1 Å². The molecule has 178 valence electrons. The van der Waals surface area contributed by atoms with Crippen molar-refractivity contribution in [1.29, 1.82) is 0 Å².